The second-order valence-electron chi connectivity index (χ2n) is 8.30. The van der Waals surface area contributed by atoms with E-state index in [1.165, 1.54) is 5.01 Å². The molecular formula is C20H27F2N5S. The Morgan fingerprint density at radius 1 is 1.29 bits per heavy atom. The Labute approximate surface area is 170 Å². The molecule has 1 saturated heterocycles. The monoisotopic (exact) mass is 407 g/mol. The molecule has 1 fully saturated rings. The van der Waals surface area contributed by atoms with Crippen molar-refractivity contribution in [2.75, 3.05) is 28.7 Å². The molecule has 0 radical (unpaired) electrons. The molecule has 8 heteroatoms. The Balaban J connectivity index is 2.02. The molecule has 1 aliphatic heterocycles. The summed E-state index contributed by atoms with van der Waals surface area (Å²) in [6.45, 7) is 6.29. The van der Waals surface area contributed by atoms with Crippen molar-refractivity contribution in [1.29, 1.82) is 0 Å². The van der Waals surface area contributed by atoms with Gasteiger partial charge < -0.3 is 10.6 Å². The largest absolute Gasteiger partial charge is 0.394 e. The number of rotatable bonds is 4. The van der Waals surface area contributed by atoms with Crippen LogP contribution in [0, 0.1) is 0 Å². The van der Waals surface area contributed by atoms with Crippen LogP contribution in [-0.2, 0) is 12.0 Å². The van der Waals surface area contributed by atoms with E-state index < -0.39 is 5.92 Å². The number of halogens is 2. The van der Waals surface area contributed by atoms with Crippen molar-refractivity contribution in [2.24, 2.45) is 5.84 Å². The maximum atomic E-state index is 13.8. The zero-order valence-corrected chi connectivity index (χ0v) is 17.3. The average molecular weight is 408 g/mol. The van der Waals surface area contributed by atoms with Crippen molar-refractivity contribution >= 4 is 29.8 Å². The van der Waals surface area contributed by atoms with Gasteiger partial charge in [-0.3, -0.25) is 5.01 Å². The molecule has 0 unspecified atom stereocenters. The summed E-state index contributed by atoms with van der Waals surface area (Å²) in [5, 5.41) is 1.46. The second kappa shape index (κ2) is 7.40. The Hall–Kier alpha value is -2.06. The van der Waals surface area contributed by atoms with Gasteiger partial charge >= 0.3 is 0 Å². The summed E-state index contributed by atoms with van der Waals surface area (Å²) in [6, 6.07) is 9.41. The van der Waals surface area contributed by atoms with Gasteiger partial charge in [-0.2, -0.15) is 0 Å². The van der Waals surface area contributed by atoms with Crippen LogP contribution in [0.25, 0.3) is 0 Å². The minimum Gasteiger partial charge on any atom is -0.394 e. The fourth-order valence-electron chi connectivity index (χ4n) is 3.24. The number of nitrogen functional groups attached to an aromatic ring is 1. The minimum atomic E-state index is -2.72. The van der Waals surface area contributed by atoms with Gasteiger partial charge in [0.2, 0.25) is 0 Å². The molecule has 0 bridgehead atoms. The number of nitrogens with two attached hydrogens (primary N) is 2. The maximum absolute atomic E-state index is 13.8. The van der Waals surface area contributed by atoms with E-state index in [9.17, 15) is 8.78 Å². The zero-order valence-electron chi connectivity index (χ0n) is 16.4. The highest BCUT2D eigenvalue weighted by atomic mass is 32.1. The zero-order chi connectivity index (χ0) is 20.7. The molecule has 0 saturated carbocycles. The summed E-state index contributed by atoms with van der Waals surface area (Å²) < 4.78 is 27.6. The third kappa shape index (κ3) is 4.33. The molecule has 0 amide bonds. The van der Waals surface area contributed by atoms with E-state index in [0.717, 1.165) is 16.2 Å². The van der Waals surface area contributed by atoms with E-state index in [-0.39, 0.29) is 24.9 Å². The first-order valence-corrected chi connectivity index (χ1v) is 9.65. The van der Waals surface area contributed by atoms with Crippen molar-refractivity contribution in [3.8, 4) is 0 Å². The van der Waals surface area contributed by atoms with Gasteiger partial charge in [-0.1, -0.05) is 39.0 Å². The fourth-order valence-corrected chi connectivity index (χ4v) is 3.47. The van der Waals surface area contributed by atoms with Gasteiger partial charge in [-0.25, -0.2) is 19.6 Å². The number of hydrogen-bond donors (Lipinski definition) is 3. The molecule has 5 nitrogen and oxygen atoms in total. The van der Waals surface area contributed by atoms with Crippen LogP contribution in [0.2, 0.25) is 0 Å². The van der Waals surface area contributed by atoms with Gasteiger partial charge in [0.1, 0.15) is 0 Å². The molecule has 1 aliphatic rings. The lowest BCUT2D eigenvalue weighted by Crippen LogP contribution is -2.34. The van der Waals surface area contributed by atoms with Gasteiger partial charge in [0, 0.05) is 23.3 Å². The minimum absolute atomic E-state index is 0.186. The van der Waals surface area contributed by atoms with Gasteiger partial charge in [-0.15, -0.1) is 12.6 Å². The lowest BCUT2D eigenvalue weighted by molar-refractivity contribution is 0.0257. The Bertz CT molecular complexity index is 866. The highest BCUT2D eigenvalue weighted by molar-refractivity contribution is 7.80. The molecule has 0 atom stereocenters. The fraction of sp³-hybridized carbons (Fsp3) is 0.450. The van der Waals surface area contributed by atoms with E-state index >= 15 is 0 Å². The number of thiol groups is 1. The molecule has 3 rings (SSSR count). The van der Waals surface area contributed by atoms with Gasteiger partial charge in [0.25, 0.3) is 5.92 Å². The first-order valence-electron chi connectivity index (χ1n) is 9.21. The highest BCUT2D eigenvalue weighted by Gasteiger charge is 2.39. The van der Waals surface area contributed by atoms with Crippen LogP contribution < -0.4 is 21.5 Å². The summed E-state index contributed by atoms with van der Waals surface area (Å²) in [4.78, 5) is 7.10. The first-order chi connectivity index (χ1) is 13.0. The van der Waals surface area contributed by atoms with E-state index in [1.807, 2.05) is 45.0 Å². The Morgan fingerprint density at radius 2 is 1.96 bits per heavy atom. The second-order valence-corrected chi connectivity index (χ2v) is 8.78. The third-order valence-electron chi connectivity index (χ3n) is 4.90. The molecule has 152 valence electrons. The van der Waals surface area contributed by atoms with Crippen LogP contribution in [-0.4, -0.2) is 24.0 Å². The molecule has 28 heavy (non-hydrogen) atoms. The third-order valence-corrected chi connectivity index (χ3v) is 5.34. The summed E-state index contributed by atoms with van der Waals surface area (Å²) in [7, 11) is 0. The van der Waals surface area contributed by atoms with Crippen molar-refractivity contribution in [3.63, 3.8) is 0 Å². The molecule has 1 aromatic heterocycles. The van der Waals surface area contributed by atoms with E-state index in [1.54, 1.807) is 11.0 Å². The Morgan fingerprint density at radius 3 is 2.54 bits per heavy atom. The van der Waals surface area contributed by atoms with Crippen molar-refractivity contribution in [2.45, 2.75) is 50.0 Å². The van der Waals surface area contributed by atoms with Crippen LogP contribution in [0.15, 0.2) is 35.2 Å². The number of anilines is 3. The summed E-state index contributed by atoms with van der Waals surface area (Å²) >= 11 is 4.46. The number of nitrogens with zero attached hydrogens (tertiary/aromatic N) is 3. The number of pyridine rings is 1. The van der Waals surface area contributed by atoms with E-state index in [2.05, 4.69) is 17.6 Å². The van der Waals surface area contributed by atoms with Gasteiger partial charge in [0.15, 0.2) is 5.82 Å². The van der Waals surface area contributed by atoms with Gasteiger partial charge in [-0.05, 0) is 17.7 Å². The quantitative estimate of drug-likeness (QED) is 0.406. The molecular weight excluding hydrogens is 380 g/mol. The number of alkyl halides is 2. The van der Waals surface area contributed by atoms with E-state index in [4.69, 9.17) is 11.6 Å². The van der Waals surface area contributed by atoms with Crippen LogP contribution in [0.5, 0.6) is 0 Å². The number of aromatic nitrogens is 1. The maximum Gasteiger partial charge on any atom is 0.266 e. The molecule has 1 aromatic carbocycles. The SMILES string of the molecule is CC(C)(C)c1cc(N2CCC(F)(F)C2)c(N)c(N(N)Cc2ccccc2S)n1. The molecule has 2 aromatic rings. The number of benzene rings is 1. The lowest BCUT2D eigenvalue weighted by Gasteiger charge is -2.29. The molecule has 0 spiro atoms. The molecule has 0 aliphatic carbocycles. The van der Waals surface area contributed by atoms with Crippen LogP contribution in [0.3, 0.4) is 0 Å². The van der Waals surface area contributed by atoms with Crippen LogP contribution in [0.1, 0.15) is 38.4 Å². The molecule has 2 heterocycles. The normalized spacial score (nSPS) is 16.5. The van der Waals surface area contributed by atoms with Crippen molar-refractivity contribution in [1.82, 2.24) is 4.98 Å². The summed E-state index contributed by atoms with van der Waals surface area (Å²) in [6.07, 6.45) is -0.186. The van der Waals surface area contributed by atoms with Crippen molar-refractivity contribution < 1.29 is 8.78 Å². The predicted molar refractivity (Wildman–Crippen MR) is 113 cm³/mol. The lowest BCUT2D eigenvalue weighted by atomic mass is 9.91. The van der Waals surface area contributed by atoms with Gasteiger partial charge in [0.05, 0.1) is 30.2 Å². The summed E-state index contributed by atoms with van der Waals surface area (Å²) in [5.41, 5.74) is 8.61. The van der Waals surface area contributed by atoms with Crippen LogP contribution >= 0.6 is 12.6 Å². The number of hydrazine groups is 1. The highest BCUT2D eigenvalue weighted by Crippen LogP contribution is 2.39. The molecule has 4 N–H and O–H groups in total. The first kappa shape index (κ1) is 20.7. The number of hydrogen-bond acceptors (Lipinski definition) is 6. The van der Waals surface area contributed by atoms with E-state index in [0.29, 0.717) is 23.7 Å². The predicted octanol–water partition coefficient (Wildman–Crippen LogP) is 3.98. The van der Waals surface area contributed by atoms with Crippen molar-refractivity contribution in [3.05, 3.63) is 41.6 Å². The summed E-state index contributed by atoms with van der Waals surface area (Å²) in [5.74, 6) is 3.99. The topological polar surface area (TPSA) is 71.4 Å². The Kier molecular flexibility index (Phi) is 5.46. The standard InChI is InChI=1S/C20H27F2N5S/c1-19(2,3)16-10-14(26-9-8-20(21,22)12-26)17(23)18(25-16)27(24)11-13-6-4-5-7-15(13)28/h4-7,10,28H,8-9,11-12,23-24H2,1-3H3. The smallest absolute Gasteiger partial charge is 0.266 e. The van der Waals surface area contributed by atoms with Crippen LogP contribution in [0.4, 0.5) is 26.0 Å². The average Bonchev–Trinajstić information content (AvgIpc) is 2.95.